The summed E-state index contributed by atoms with van der Waals surface area (Å²) >= 11 is 5.31. The highest BCUT2D eigenvalue weighted by atomic mass is 35.5. The quantitative estimate of drug-likeness (QED) is 0.385. The predicted molar refractivity (Wildman–Crippen MR) is 45.3 cm³/mol. The van der Waals surface area contributed by atoms with Gasteiger partial charge in [0, 0.05) is 12.0 Å². The summed E-state index contributed by atoms with van der Waals surface area (Å²) in [7, 11) is 0. The number of carbonyl (C=O) groups is 2. The fourth-order valence-corrected chi connectivity index (χ4v) is 0.999. The van der Waals surface area contributed by atoms with E-state index in [1.807, 2.05) is 0 Å². The van der Waals surface area contributed by atoms with Crippen LogP contribution in [0.3, 0.4) is 0 Å². The highest BCUT2D eigenvalue weighted by molar-refractivity contribution is 6.19. The van der Waals surface area contributed by atoms with Gasteiger partial charge in [-0.1, -0.05) is 6.08 Å². The van der Waals surface area contributed by atoms with E-state index < -0.39 is 12.1 Å². The van der Waals surface area contributed by atoms with Crippen LogP contribution in [0.2, 0.25) is 0 Å². The van der Waals surface area contributed by atoms with Crippen molar-refractivity contribution in [1.82, 2.24) is 0 Å². The average molecular weight is 205 g/mol. The molecule has 72 valence electrons. The van der Waals surface area contributed by atoms with Gasteiger partial charge in [0.2, 0.25) is 0 Å². The van der Waals surface area contributed by atoms with Crippen molar-refractivity contribution in [3.8, 4) is 0 Å². The number of halogens is 1. The molecule has 1 aliphatic rings. The second-order valence-electron chi connectivity index (χ2n) is 2.50. The molecule has 0 aliphatic carbocycles. The average Bonchev–Trinajstić information content (AvgIpc) is 2.48. The van der Waals surface area contributed by atoms with Crippen molar-refractivity contribution in [3.05, 3.63) is 12.2 Å². The Bertz CT molecular complexity index is 236. The Morgan fingerprint density at radius 2 is 2.54 bits per heavy atom. The zero-order valence-electron chi connectivity index (χ0n) is 6.86. The second-order valence-corrected chi connectivity index (χ2v) is 2.81. The first kappa shape index (κ1) is 10.1. The van der Waals surface area contributed by atoms with Gasteiger partial charge < -0.3 is 9.47 Å². The molecule has 1 aliphatic heterocycles. The molecule has 1 fully saturated rings. The highest BCUT2D eigenvalue weighted by Crippen LogP contribution is 2.09. The molecular weight excluding hydrogens is 196 g/mol. The molecule has 0 radical (unpaired) electrons. The summed E-state index contributed by atoms with van der Waals surface area (Å²) in [5, 5.41) is 0. The van der Waals surface area contributed by atoms with Crippen molar-refractivity contribution in [2.24, 2.45) is 0 Å². The summed E-state index contributed by atoms with van der Waals surface area (Å²) in [6, 6.07) is 0. The number of hydrogen-bond acceptors (Lipinski definition) is 4. The Hall–Kier alpha value is -1.03. The molecule has 5 heteroatoms. The van der Waals surface area contributed by atoms with Crippen molar-refractivity contribution >= 4 is 23.5 Å². The standard InChI is InChI=1S/C8H9ClO4/c9-3-1-2-7(10)13-6-4-8(11)12-5-6/h1-2,6H,3-5H2/b2-1+/t6-/m0/s1. The van der Waals surface area contributed by atoms with Crippen molar-refractivity contribution < 1.29 is 19.1 Å². The summed E-state index contributed by atoms with van der Waals surface area (Å²) < 4.78 is 9.46. The fourth-order valence-electron chi connectivity index (χ4n) is 0.910. The Morgan fingerprint density at radius 1 is 1.77 bits per heavy atom. The smallest absolute Gasteiger partial charge is 0.330 e. The SMILES string of the molecule is O=C(/C=C/CCl)O[C@@H]1COC(=O)C1. The van der Waals surface area contributed by atoms with Crippen LogP contribution in [0.5, 0.6) is 0 Å². The molecule has 4 nitrogen and oxygen atoms in total. The van der Waals surface area contributed by atoms with Crippen LogP contribution < -0.4 is 0 Å². The number of carbonyl (C=O) groups excluding carboxylic acids is 2. The highest BCUT2D eigenvalue weighted by Gasteiger charge is 2.26. The summed E-state index contributed by atoms with van der Waals surface area (Å²) in [5.41, 5.74) is 0. The Kier molecular flexibility index (Phi) is 3.76. The maximum absolute atomic E-state index is 10.9. The van der Waals surface area contributed by atoms with E-state index in [2.05, 4.69) is 4.74 Å². The molecule has 0 bridgehead atoms. The minimum absolute atomic E-state index is 0.139. The van der Waals surface area contributed by atoms with Gasteiger partial charge in [0.1, 0.15) is 12.7 Å². The van der Waals surface area contributed by atoms with E-state index in [9.17, 15) is 9.59 Å². The van der Waals surface area contributed by atoms with Gasteiger partial charge in [-0.25, -0.2) is 4.79 Å². The third-order valence-electron chi connectivity index (χ3n) is 1.45. The molecule has 0 spiro atoms. The van der Waals surface area contributed by atoms with E-state index in [-0.39, 0.29) is 24.9 Å². The number of esters is 2. The van der Waals surface area contributed by atoms with Gasteiger partial charge >= 0.3 is 11.9 Å². The molecule has 0 amide bonds. The maximum Gasteiger partial charge on any atom is 0.330 e. The molecule has 0 aromatic heterocycles. The van der Waals surface area contributed by atoms with Gasteiger partial charge in [0.15, 0.2) is 0 Å². The third kappa shape index (κ3) is 3.46. The van der Waals surface area contributed by atoms with Crippen LogP contribution >= 0.6 is 11.6 Å². The van der Waals surface area contributed by atoms with Gasteiger partial charge in [-0.05, 0) is 0 Å². The largest absolute Gasteiger partial charge is 0.462 e. The van der Waals surface area contributed by atoms with Crippen LogP contribution in [0.1, 0.15) is 6.42 Å². The number of hydrogen-bond donors (Lipinski definition) is 0. The molecule has 0 N–H and O–H groups in total. The molecule has 1 atom stereocenters. The first-order valence-electron chi connectivity index (χ1n) is 3.81. The van der Waals surface area contributed by atoms with Crippen molar-refractivity contribution in [2.75, 3.05) is 12.5 Å². The molecule has 0 unspecified atom stereocenters. The predicted octanol–water partition coefficient (Wildman–Crippen LogP) is 0.640. The molecule has 1 rings (SSSR count). The van der Waals surface area contributed by atoms with Gasteiger partial charge in [-0.3, -0.25) is 4.79 Å². The number of allylic oxidation sites excluding steroid dienone is 1. The third-order valence-corrected chi connectivity index (χ3v) is 1.63. The second kappa shape index (κ2) is 4.87. The van der Waals surface area contributed by atoms with Crippen LogP contribution in [-0.4, -0.2) is 30.5 Å². The fraction of sp³-hybridized carbons (Fsp3) is 0.500. The molecule has 13 heavy (non-hydrogen) atoms. The van der Waals surface area contributed by atoms with E-state index >= 15 is 0 Å². The van der Waals surface area contributed by atoms with E-state index in [1.165, 1.54) is 12.2 Å². The van der Waals surface area contributed by atoms with Crippen molar-refractivity contribution in [1.29, 1.82) is 0 Å². The maximum atomic E-state index is 10.9. The minimum Gasteiger partial charge on any atom is -0.462 e. The first-order valence-corrected chi connectivity index (χ1v) is 4.34. The van der Waals surface area contributed by atoms with Crippen LogP contribution in [0.15, 0.2) is 12.2 Å². The van der Waals surface area contributed by atoms with E-state index in [4.69, 9.17) is 16.3 Å². The normalized spacial score (nSPS) is 21.9. The molecule has 1 heterocycles. The topological polar surface area (TPSA) is 52.6 Å². The molecular formula is C8H9ClO4. The number of alkyl halides is 1. The van der Waals surface area contributed by atoms with Gasteiger partial charge in [-0.15, -0.1) is 11.6 Å². The Balaban J connectivity index is 2.28. The lowest BCUT2D eigenvalue weighted by atomic mass is 10.3. The van der Waals surface area contributed by atoms with E-state index in [1.54, 1.807) is 0 Å². The van der Waals surface area contributed by atoms with Crippen LogP contribution in [0.25, 0.3) is 0 Å². The number of ether oxygens (including phenoxy) is 2. The van der Waals surface area contributed by atoms with E-state index in [0.717, 1.165) is 0 Å². The zero-order chi connectivity index (χ0) is 9.68. The zero-order valence-corrected chi connectivity index (χ0v) is 7.62. The molecule has 1 saturated heterocycles. The van der Waals surface area contributed by atoms with Gasteiger partial charge in [-0.2, -0.15) is 0 Å². The van der Waals surface area contributed by atoms with E-state index in [0.29, 0.717) is 0 Å². The molecule has 0 saturated carbocycles. The van der Waals surface area contributed by atoms with Gasteiger partial charge in [0.25, 0.3) is 0 Å². The van der Waals surface area contributed by atoms with Crippen LogP contribution in [0, 0.1) is 0 Å². The van der Waals surface area contributed by atoms with Crippen LogP contribution in [-0.2, 0) is 19.1 Å². The first-order chi connectivity index (χ1) is 6.22. The van der Waals surface area contributed by atoms with Crippen LogP contribution in [0.4, 0.5) is 0 Å². The number of cyclic esters (lactones) is 1. The van der Waals surface area contributed by atoms with Crippen molar-refractivity contribution in [3.63, 3.8) is 0 Å². The summed E-state index contributed by atoms with van der Waals surface area (Å²) in [4.78, 5) is 21.5. The lowest BCUT2D eigenvalue weighted by molar-refractivity contribution is -0.143. The van der Waals surface area contributed by atoms with Gasteiger partial charge in [0.05, 0.1) is 6.42 Å². The van der Waals surface area contributed by atoms with Crippen molar-refractivity contribution in [2.45, 2.75) is 12.5 Å². The monoisotopic (exact) mass is 204 g/mol. The Morgan fingerprint density at radius 3 is 3.08 bits per heavy atom. The minimum atomic E-state index is -0.496. The lowest BCUT2D eigenvalue weighted by Crippen LogP contribution is -2.16. The Labute approximate surface area is 80.5 Å². The summed E-state index contributed by atoms with van der Waals surface area (Å²) in [6.45, 7) is 0.152. The molecule has 0 aromatic carbocycles. The lowest BCUT2D eigenvalue weighted by Gasteiger charge is -2.05. The number of rotatable bonds is 3. The summed E-state index contributed by atoms with van der Waals surface area (Å²) in [5.74, 6) is -0.571. The summed E-state index contributed by atoms with van der Waals surface area (Å²) in [6.07, 6.45) is 2.40. The molecule has 0 aromatic rings.